The van der Waals surface area contributed by atoms with Crippen LogP contribution in [0.15, 0.2) is 46.9 Å². The first-order valence-corrected chi connectivity index (χ1v) is 5.99. The van der Waals surface area contributed by atoms with Gasteiger partial charge in [0, 0.05) is 15.6 Å². The summed E-state index contributed by atoms with van der Waals surface area (Å²) in [6, 6.07) is 10.9. The highest BCUT2D eigenvalue weighted by atomic mass is 79.9. The monoisotopic (exact) mass is 304 g/mol. The lowest BCUT2D eigenvalue weighted by molar-refractivity contribution is 0.103. The number of carbonyl (C=O) groups excluding carboxylic acids is 2. The minimum Gasteiger partial charge on any atom is -0.507 e. The number of aromatic hydroxyl groups is 1. The van der Waals surface area contributed by atoms with Crippen molar-refractivity contribution in [3.05, 3.63) is 63.6 Å². The summed E-state index contributed by atoms with van der Waals surface area (Å²) in [5.41, 5.74) is 1.15. The van der Waals surface area contributed by atoms with Crippen LogP contribution in [-0.4, -0.2) is 17.2 Å². The third kappa shape index (κ3) is 2.49. The molecule has 18 heavy (non-hydrogen) atoms. The molecule has 0 aliphatic carbocycles. The quantitative estimate of drug-likeness (QED) is 0.700. The molecule has 0 saturated heterocycles. The van der Waals surface area contributed by atoms with Gasteiger partial charge < -0.3 is 5.11 Å². The Morgan fingerprint density at radius 3 is 2.39 bits per heavy atom. The van der Waals surface area contributed by atoms with Crippen LogP contribution in [0.1, 0.15) is 26.3 Å². The normalized spacial score (nSPS) is 10.1. The molecule has 0 aromatic heterocycles. The van der Waals surface area contributed by atoms with E-state index in [2.05, 4.69) is 15.9 Å². The predicted octanol–water partition coefficient (Wildman–Crippen LogP) is 3.20. The Kier molecular flexibility index (Phi) is 3.58. The Labute approximate surface area is 112 Å². The van der Waals surface area contributed by atoms with Crippen LogP contribution < -0.4 is 0 Å². The van der Waals surface area contributed by atoms with Gasteiger partial charge >= 0.3 is 0 Å². The van der Waals surface area contributed by atoms with E-state index in [4.69, 9.17) is 0 Å². The summed E-state index contributed by atoms with van der Waals surface area (Å²) in [7, 11) is 0. The number of phenolic OH excluding ortho intramolecular Hbond substituents is 1. The first-order valence-electron chi connectivity index (χ1n) is 5.20. The molecule has 2 aromatic carbocycles. The van der Waals surface area contributed by atoms with Crippen molar-refractivity contribution in [1.82, 2.24) is 0 Å². The van der Waals surface area contributed by atoms with Crippen LogP contribution in [0.3, 0.4) is 0 Å². The molecule has 0 amide bonds. The Balaban J connectivity index is 2.40. The highest BCUT2D eigenvalue weighted by molar-refractivity contribution is 9.10. The average molecular weight is 305 g/mol. The standard InChI is InChI=1S/C14H9BrO3/c15-11-5-6-13(17)12(7-11)14(18)10-3-1-9(8-16)2-4-10/h1-8,17H. The summed E-state index contributed by atoms with van der Waals surface area (Å²) in [5.74, 6) is -0.353. The number of ketones is 1. The summed E-state index contributed by atoms with van der Waals surface area (Å²) in [6.07, 6.45) is 0.713. The second kappa shape index (κ2) is 5.14. The van der Waals surface area contributed by atoms with Gasteiger partial charge in [-0.3, -0.25) is 9.59 Å². The van der Waals surface area contributed by atoms with Crippen LogP contribution in [-0.2, 0) is 0 Å². The van der Waals surface area contributed by atoms with E-state index in [0.29, 0.717) is 21.9 Å². The molecule has 2 rings (SSSR count). The second-order valence-electron chi connectivity index (χ2n) is 3.73. The van der Waals surface area contributed by atoms with E-state index in [1.807, 2.05) is 0 Å². The van der Waals surface area contributed by atoms with E-state index < -0.39 is 0 Å². The lowest BCUT2D eigenvalue weighted by Crippen LogP contribution is -2.01. The molecule has 3 nitrogen and oxygen atoms in total. The zero-order valence-corrected chi connectivity index (χ0v) is 10.8. The van der Waals surface area contributed by atoms with Crippen LogP contribution in [0.2, 0.25) is 0 Å². The number of halogens is 1. The van der Waals surface area contributed by atoms with Crippen molar-refractivity contribution in [2.75, 3.05) is 0 Å². The van der Waals surface area contributed by atoms with Crippen LogP contribution in [0.5, 0.6) is 5.75 Å². The lowest BCUT2D eigenvalue weighted by atomic mass is 10.0. The molecule has 0 aliphatic rings. The van der Waals surface area contributed by atoms with Crippen LogP contribution in [0.4, 0.5) is 0 Å². The molecule has 4 heteroatoms. The first kappa shape index (κ1) is 12.5. The first-order chi connectivity index (χ1) is 8.61. The molecule has 0 saturated carbocycles. The van der Waals surface area contributed by atoms with Gasteiger partial charge in [-0.2, -0.15) is 0 Å². The number of hydrogen-bond donors (Lipinski definition) is 1. The Bertz CT molecular complexity index is 603. The van der Waals surface area contributed by atoms with Gasteiger partial charge in [0.05, 0.1) is 5.56 Å². The molecule has 2 aromatic rings. The third-order valence-corrected chi connectivity index (χ3v) is 3.01. The summed E-state index contributed by atoms with van der Waals surface area (Å²) in [6.45, 7) is 0. The van der Waals surface area contributed by atoms with Gasteiger partial charge in [-0.25, -0.2) is 0 Å². The fourth-order valence-electron chi connectivity index (χ4n) is 1.56. The second-order valence-corrected chi connectivity index (χ2v) is 4.65. The molecular formula is C14H9BrO3. The molecular weight excluding hydrogens is 296 g/mol. The molecule has 0 bridgehead atoms. The van der Waals surface area contributed by atoms with Gasteiger partial charge in [0.1, 0.15) is 12.0 Å². The van der Waals surface area contributed by atoms with E-state index in [0.717, 1.165) is 0 Å². The number of carbonyl (C=O) groups is 2. The summed E-state index contributed by atoms with van der Waals surface area (Å²) in [4.78, 5) is 22.7. The predicted molar refractivity (Wildman–Crippen MR) is 71.1 cm³/mol. The Hall–Kier alpha value is -1.94. The summed E-state index contributed by atoms with van der Waals surface area (Å²) >= 11 is 3.25. The molecule has 90 valence electrons. The molecule has 0 heterocycles. The fourth-order valence-corrected chi connectivity index (χ4v) is 1.92. The van der Waals surface area contributed by atoms with Crippen molar-refractivity contribution in [1.29, 1.82) is 0 Å². The van der Waals surface area contributed by atoms with Crippen LogP contribution >= 0.6 is 15.9 Å². The minimum absolute atomic E-state index is 0.0670. The van der Waals surface area contributed by atoms with E-state index in [1.54, 1.807) is 36.4 Å². The third-order valence-electron chi connectivity index (χ3n) is 2.51. The van der Waals surface area contributed by atoms with Crippen LogP contribution in [0.25, 0.3) is 0 Å². The smallest absolute Gasteiger partial charge is 0.196 e. The van der Waals surface area contributed by atoms with Crippen molar-refractivity contribution in [2.45, 2.75) is 0 Å². The van der Waals surface area contributed by atoms with Gasteiger partial charge in [0.2, 0.25) is 0 Å². The molecule has 1 N–H and O–H groups in total. The zero-order valence-electron chi connectivity index (χ0n) is 9.26. The van der Waals surface area contributed by atoms with E-state index in [-0.39, 0.29) is 17.1 Å². The van der Waals surface area contributed by atoms with Gasteiger partial charge in [0.15, 0.2) is 5.78 Å². The summed E-state index contributed by atoms with van der Waals surface area (Å²) < 4.78 is 0.716. The van der Waals surface area contributed by atoms with Gasteiger partial charge in [-0.05, 0) is 18.2 Å². The molecule has 0 aliphatic heterocycles. The maximum absolute atomic E-state index is 12.1. The number of benzene rings is 2. The van der Waals surface area contributed by atoms with Crippen molar-refractivity contribution in [3.8, 4) is 5.75 Å². The molecule has 0 radical (unpaired) electrons. The van der Waals surface area contributed by atoms with E-state index >= 15 is 0 Å². The van der Waals surface area contributed by atoms with Crippen LogP contribution in [0, 0.1) is 0 Å². The van der Waals surface area contributed by atoms with E-state index in [9.17, 15) is 14.7 Å². The molecule has 0 unspecified atom stereocenters. The van der Waals surface area contributed by atoms with Gasteiger partial charge in [-0.1, -0.05) is 40.2 Å². The molecule has 0 spiro atoms. The Morgan fingerprint density at radius 1 is 1.11 bits per heavy atom. The van der Waals surface area contributed by atoms with Gasteiger partial charge in [-0.15, -0.1) is 0 Å². The van der Waals surface area contributed by atoms with Crippen molar-refractivity contribution < 1.29 is 14.7 Å². The maximum atomic E-state index is 12.1. The highest BCUT2D eigenvalue weighted by Crippen LogP contribution is 2.24. The topological polar surface area (TPSA) is 54.4 Å². The molecule has 0 atom stereocenters. The number of hydrogen-bond acceptors (Lipinski definition) is 3. The SMILES string of the molecule is O=Cc1ccc(C(=O)c2cc(Br)ccc2O)cc1. The van der Waals surface area contributed by atoms with Crippen molar-refractivity contribution in [2.24, 2.45) is 0 Å². The maximum Gasteiger partial charge on any atom is 0.196 e. The molecule has 0 fully saturated rings. The lowest BCUT2D eigenvalue weighted by Gasteiger charge is -2.04. The zero-order chi connectivity index (χ0) is 13.1. The Morgan fingerprint density at radius 2 is 1.78 bits per heavy atom. The van der Waals surface area contributed by atoms with E-state index in [1.165, 1.54) is 6.07 Å². The minimum atomic E-state index is -0.286. The van der Waals surface area contributed by atoms with Gasteiger partial charge in [0.25, 0.3) is 0 Å². The largest absolute Gasteiger partial charge is 0.507 e. The number of rotatable bonds is 3. The highest BCUT2D eigenvalue weighted by Gasteiger charge is 2.13. The van der Waals surface area contributed by atoms with Crippen molar-refractivity contribution >= 4 is 28.0 Å². The average Bonchev–Trinajstić information content (AvgIpc) is 2.41. The summed E-state index contributed by atoms with van der Waals surface area (Å²) in [5, 5.41) is 9.67. The number of aldehydes is 1. The van der Waals surface area contributed by atoms with Crippen molar-refractivity contribution in [3.63, 3.8) is 0 Å². The fraction of sp³-hybridized carbons (Fsp3) is 0. The number of phenols is 1.